The molecule has 21 heavy (non-hydrogen) atoms. The Balaban J connectivity index is 1.74. The highest BCUT2D eigenvalue weighted by molar-refractivity contribution is 7.09. The smallest absolute Gasteiger partial charge is 0.306 e. The van der Waals surface area contributed by atoms with Crippen molar-refractivity contribution < 1.29 is 24.3 Å². The first-order chi connectivity index (χ1) is 10.2. The van der Waals surface area contributed by atoms with Crippen molar-refractivity contribution in [2.24, 2.45) is 11.8 Å². The van der Waals surface area contributed by atoms with E-state index in [0.717, 1.165) is 44.9 Å². The van der Waals surface area contributed by atoms with E-state index in [2.05, 4.69) is 9.47 Å². The van der Waals surface area contributed by atoms with Crippen molar-refractivity contribution in [1.29, 1.82) is 0 Å². The van der Waals surface area contributed by atoms with Crippen LogP contribution in [0.3, 0.4) is 0 Å². The summed E-state index contributed by atoms with van der Waals surface area (Å²) in [4.78, 5) is 11.4. The number of ether oxygens (including phenoxy) is 1. The number of carbonyl (C=O) groups excluding carboxylic acids is 1. The Morgan fingerprint density at radius 1 is 1.33 bits per heavy atom. The highest BCUT2D eigenvalue weighted by Gasteiger charge is 2.49. The second kappa shape index (κ2) is 8.42. The minimum atomic E-state index is -0.300. The molecule has 122 valence electrons. The fourth-order valence-corrected chi connectivity index (χ4v) is 4.02. The summed E-state index contributed by atoms with van der Waals surface area (Å²) >= 11 is 0. The van der Waals surface area contributed by atoms with Gasteiger partial charge in [-0.2, -0.15) is 0 Å². The number of hydrogen-bond donors (Lipinski definition) is 2. The van der Waals surface area contributed by atoms with Crippen molar-refractivity contribution >= 4 is 15.4 Å². The number of hydrogen-bond acceptors (Lipinski definition) is 5. The van der Waals surface area contributed by atoms with Crippen molar-refractivity contribution in [2.45, 2.75) is 69.7 Å². The SMILES string of the molecule is O=C1C[C@@H]2C(CCC(O)CCCCCO)[C@H](OP)C[C@@H]2O1. The van der Waals surface area contributed by atoms with Crippen LogP contribution in [0.2, 0.25) is 0 Å². The minimum absolute atomic E-state index is 0.00903. The summed E-state index contributed by atoms with van der Waals surface area (Å²) in [5.41, 5.74) is 0. The van der Waals surface area contributed by atoms with Crippen molar-refractivity contribution in [1.82, 2.24) is 0 Å². The number of rotatable bonds is 9. The predicted molar refractivity (Wildman–Crippen MR) is 81.5 cm³/mol. The summed E-state index contributed by atoms with van der Waals surface area (Å²) in [6.07, 6.45) is 6.20. The van der Waals surface area contributed by atoms with Crippen LogP contribution >= 0.6 is 9.47 Å². The van der Waals surface area contributed by atoms with E-state index in [-0.39, 0.29) is 36.8 Å². The van der Waals surface area contributed by atoms with Gasteiger partial charge in [0.05, 0.1) is 18.6 Å². The summed E-state index contributed by atoms with van der Waals surface area (Å²) in [7, 11) is 2.32. The highest BCUT2D eigenvalue weighted by Crippen LogP contribution is 2.45. The van der Waals surface area contributed by atoms with Crippen LogP contribution in [0.15, 0.2) is 0 Å². The molecule has 0 aromatic rings. The molecule has 6 heteroatoms. The minimum Gasteiger partial charge on any atom is -0.462 e. The summed E-state index contributed by atoms with van der Waals surface area (Å²) < 4.78 is 10.8. The van der Waals surface area contributed by atoms with Gasteiger partial charge >= 0.3 is 5.97 Å². The number of carbonyl (C=O) groups is 1. The van der Waals surface area contributed by atoms with Crippen LogP contribution in [0.5, 0.6) is 0 Å². The third-order valence-corrected chi connectivity index (χ3v) is 5.21. The maximum absolute atomic E-state index is 11.4. The van der Waals surface area contributed by atoms with Crippen molar-refractivity contribution in [3.63, 3.8) is 0 Å². The third-order valence-electron chi connectivity index (χ3n) is 4.86. The van der Waals surface area contributed by atoms with E-state index in [1.54, 1.807) is 0 Å². The Morgan fingerprint density at radius 3 is 2.86 bits per heavy atom. The molecule has 1 aliphatic carbocycles. The molecule has 5 nitrogen and oxygen atoms in total. The molecule has 2 rings (SSSR count). The van der Waals surface area contributed by atoms with Crippen LogP contribution in [0.4, 0.5) is 0 Å². The molecular formula is C15H27O5P. The zero-order chi connectivity index (χ0) is 15.2. The van der Waals surface area contributed by atoms with Gasteiger partial charge in [0.15, 0.2) is 0 Å². The monoisotopic (exact) mass is 318 g/mol. The molecule has 2 N–H and O–H groups in total. The Labute approximate surface area is 128 Å². The second-order valence-electron chi connectivity index (χ2n) is 6.27. The Kier molecular flexibility index (Phi) is 6.87. The van der Waals surface area contributed by atoms with Crippen molar-refractivity contribution in [2.75, 3.05) is 6.61 Å². The number of aliphatic hydroxyl groups excluding tert-OH is 2. The van der Waals surface area contributed by atoms with Crippen LogP contribution in [-0.2, 0) is 14.1 Å². The molecule has 1 saturated heterocycles. The van der Waals surface area contributed by atoms with E-state index < -0.39 is 0 Å². The van der Waals surface area contributed by atoms with Crippen LogP contribution in [0.1, 0.15) is 51.4 Å². The van der Waals surface area contributed by atoms with Gasteiger partial charge in [-0.25, -0.2) is 0 Å². The lowest BCUT2D eigenvalue weighted by atomic mass is 9.87. The van der Waals surface area contributed by atoms with Crippen LogP contribution < -0.4 is 0 Å². The summed E-state index contributed by atoms with van der Waals surface area (Å²) in [6.45, 7) is 0.225. The zero-order valence-corrected chi connectivity index (χ0v) is 13.6. The molecule has 1 aliphatic heterocycles. The highest BCUT2D eigenvalue weighted by atomic mass is 31.0. The fraction of sp³-hybridized carbons (Fsp3) is 0.933. The lowest BCUT2D eigenvalue weighted by Gasteiger charge is -2.22. The third kappa shape index (κ3) is 4.62. The largest absolute Gasteiger partial charge is 0.462 e. The molecule has 1 heterocycles. The molecule has 0 spiro atoms. The predicted octanol–water partition coefficient (Wildman–Crippen LogP) is 1.81. The lowest BCUT2D eigenvalue weighted by Crippen LogP contribution is -2.22. The standard InChI is InChI=1S/C15H27O5P/c16-7-3-1-2-4-10(17)5-6-11-12-8-15(18)19-13(12)9-14(11)20-21/h10-14,16-17H,1-9,21H2/t10?,11?,12-,13+,14-/m1/s1. The molecule has 6 atom stereocenters. The number of unbranched alkanes of at least 4 members (excludes halogenated alkanes) is 2. The first kappa shape index (κ1) is 17.1. The average Bonchev–Trinajstić information content (AvgIpc) is 2.97. The number of fused-ring (bicyclic) bond motifs is 1. The summed E-state index contributed by atoms with van der Waals surface area (Å²) in [5, 5.41) is 18.8. The second-order valence-corrected chi connectivity index (χ2v) is 6.55. The molecular weight excluding hydrogens is 291 g/mol. The molecule has 0 bridgehead atoms. The van der Waals surface area contributed by atoms with Gasteiger partial charge in [-0.15, -0.1) is 0 Å². The van der Waals surface area contributed by atoms with Crippen molar-refractivity contribution in [3.05, 3.63) is 0 Å². The summed E-state index contributed by atoms with van der Waals surface area (Å²) in [5.74, 6) is 0.456. The van der Waals surface area contributed by atoms with Gasteiger partial charge in [-0.05, 0) is 31.6 Å². The molecule has 0 aromatic heterocycles. The average molecular weight is 318 g/mol. The lowest BCUT2D eigenvalue weighted by molar-refractivity contribution is -0.141. The molecule has 3 unspecified atom stereocenters. The topological polar surface area (TPSA) is 76.0 Å². The Bertz CT molecular complexity index is 338. The van der Waals surface area contributed by atoms with E-state index in [1.807, 2.05) is 0 Å². The Hall–Kier alpha value is -0.220. The molecule has 0 radical (unpaired) electrons. The molecule has 1 saturated carbocycles. The van der Waals surface area contributed by atoms with Crippen LogP contribution in [-0.4, -0.2) is 41.1 Å². The van der Waals surface area contributed by atoms with Gasteiger partial charge in [0, 0.05) is 28.4 Å². The first-order valence-electron chi connectivity index (χ1n) is 7.99. The number of aliphatic hydroxyl groups is 2. The van der Waals surface area contributed by atoms with E-state index in [4.69, 9.17) is 14.4 Å². The fourth-order valence-electron chi connectivity index (χ4n) is 3.71. The van der Waals surface area contributed by atoms with Crippen LogP contribution in [0.25, 0.3) is 0 Å². The normalized spacial score (nSPS) is 33.0. The van der Waals surface area contributed by atoms with Crippen LogP contribution in [0, 0.1) is 11.8 Å². The van der Waals surface area contributed by atoms with Gasteiger partial charge in [0.25, 0.3) is 0 Å². The number of esters is 1. The van der Waals surface area contributed by atoms with E-state index in [9.17, 15) is 9.90 Å². The van der Waals surface area contributed by atoms with E-state index in [0.29, 0.717) is 12.3 Å². The molecule has 2 fully saturated rings. The maximum atomic E-state index is 11.4. The zero-order valence-electron chi connectivity index (χ0n) is 12.4. The Morgan fingerprint density at radius 2 is 2.14 bits per heavy atom. The maximum Gasteiger partial charge on any atom is 0.306 e. The summed E-state index contributed by atoms with van der Waals surface area (Å²) in [6, 6.07) is 0. The van der Waals surface area contributed by atoms with Gasteiger partial charge in [0.2, 0.25) is 0 Å². The van der Waals surface area contributed by atoms with Gasteiger partial charge in [-0.1, -0.05) is 12.8 Å². The quantitative estimate of drug-likeness (QED) is 0.385. The van der Waals surface area contributed by atoms with Gasteiger partial charge in [-0.3, -0.25) is 4.79 Å². The van der Waals surface area contributed by atoms with Gasteiger partial charge < -0.3 is 19.5 Å². The molecule has 2 aliphatic rings. The first-order valence-corrected chi connectivity index (χ1v) is 8.46. The molecule has 0 amide bonds. The van der Waals surface area contributed by atoms with Gasteiger partial charge in [0.1, 0.15) is 6.10 Å². The van der Waals surface area contributed by atoms with E-state index in [1.165, 1.54) is 0 Å². The molecule has 0 aromatic carbocycles. The van der Waals surface area contributed by atoms with Crippen molar-refractivity contribution in [3.8, 4) is 0 Å². The van der Waals surface area contributed by atoms with E-state index >= 15 is 0 Å².